The molecule has 3 nitrogen and oxygen atoms in total. The predicted molar refractivity (Wildman–Crippen MR) is 80.8 cm³/mol. The summed E-state index contributed by atoms with van der Waals surface area (Å²) >= 11 is 2.25. The Labute approximate surface area is 121 Å². The molecule has 1 aromatic carbocycles. The van der Waals surface area contributed by atoms with Gasteiger partial charge in [0.15, 0.2) is 0 Å². The van der Waals surface area contributed by atoms with Crippen LogP contribution in [0.3, 0.4) is 0 Å². The van der Waals surface area contributed by atoms with Gasteiger partial charge in [0.2, 0.25) is 5.91 Å². The summed E-state index contributed by atoms with van der Waals surface area (Å²) < 4.78 is 1.11. The molecular formula is C14H18INO2. The largest absolute Gasteiger partial charge is 0.390 e. The third-order valence-corrected chi connectivity index (χ3v) is 4.15. The van der Waals surface area contributed by atoms with E-state index in [-0.39, 0.29) is 5.91 Å². The molecule has 1 aliphatic rings. The van der Waals surface area contributed by atoms with Gasteiger partial charge in [0.05, 0.1) is 11.0 Å². The summed E-state index contributed by atoms with van der Waals surface area (Å²) in [7, 11) is 1.80. The van der Waals surface area contributed by atoms with Crippen molar-refractivity contribution >= 4 is 34.2 Å². The molecule has 1 N–H and O–H groups in total. The summed E-state index contributed by atoms with van der Waals surface area (Å²) in [6.07, 6.45) is 0.427. The molecule has 0 saturated heterocycles. The number of amides is 1. The van der Waals surface area contributed by atoms with Crippen LogP contribution in [0.25, 0.3) is 0 Å². The highest BCUT2D eigenvalue weighted by atomic mass is 127. The van der Waals surface area contributed by atoms with Crippen LogP contribution in [0.5, 0.6) is 0 Å². The maximum atomic E-state index is 12.5. The Morgan fingerprint density at radius 2 is 2.06 bits per heavy atom. The summed E-state index contributed by atoms with van der Waals surface area (Å²) in [4.78, 5) is 14.2. The van der Waals surface area contributed by atoms with Crippen molar-refractivity contribution in [1.29, 1.82) is 0 Å². The number of carbonyl (C=O) groups excluding carboxylic acids is 1. The van der Waals surface area contributed by atoms with Gasteiger partial charge in [-0.3, -0.25) is 4.79 Å². The van der Waals surface area contributed by atoms with Crippen molar-refractivity contribution in [2.75, 3.05) is 11.9 Å². The Morgan fingerprint density at radius 1 is 1.44 bits per heavy atom. The van der Waals surface area contributed by atoms with E-state index in [1.165, 1.54) is 0 Å². The molecule has 2 rings (SSSR count). The normalized spacial score (nSPS) is 23.4. The second-order valence-corrected chi connectivity index (χ2v) is 7.09. The lowest BCUT2D eigenvalue weighted by Crippen LogP contribution is -2.41. The lowest BCUT2D eigenvalue weighted by Gasteiger charge is -2.30. The van der Waals surface area contributed by atoms with Gasteiger partial charge in [0, 0.05) is 16.3 Å². The number of hydrogen-bond donors (Lipinski definition) is 1. The molecule has 1 aromatic rings. The summed E-state index contributed by atoms with van der Waals surface area (Å²) in [5.74, 6) is 0.0571. The third-order valence-electron chi connectivity index (χ3n) is 3.48. The fourth-order valence-corrected chi connectivity index (χ4v) is 3.36. The highest BCUT2D eigenvalue weighted by Gasteiger charge is 2.48. The number of aliphatic hydroxyl groups is 1. The van der Waals surface area contributed by atoms with Crippen LogP contribution < -0.4 is 4.90 Å². The molecule has 0 aliphatic carbocycles. The van der Waals surface area contributed by atoms with Gasteiger partial charge >= 0.3 is 0 Å². The fourth-order valence-electron chi connectivity index (χ4n) is 2.87. The monoisotopic (exact) mass is 359 g/mol. The van der Waals surface area contributed by atoms with E-state index in [9.17, 15) is 9.90 Å². The van der Waals surface area contributed by atoms with Gasteiger partial charge in [0.1, 0.15) is 0 Å². The van der Waals surface area contributed by atoms with Gasteiger partial charge < -0.3 is 10.0 Å². The van der Waals surface area contributed by atoms with Gasteiger partial charge in [-0.15, -0.1) is 0 Å². The standard InChI is InChI=1S/C14H18INO2/c1-13(2,18)8-14(3)10-7-9(15)5-6-11(10)16(4)12(14)17/h5-7,18H,8H2,1-4H3. The lowest BCUT2D eigenvalue weighted by molar-refractivity contribution is -0.124. The van der Waals surface area contributed by atoms with Gasteiger partial charge in [-0.05, 0) is 73.5 Å². The van der Waals surface area contributed by atoms with Crippen LogP contribution in [0.15, 0.2) is 18.2 Å². The summed E-state index contributed by atoms with van der Waals surface area (Å²) in [5, 5.41) is 10.1. The fraction of sp³-hybridized carbons (Fsp3) is 0.500. The molecule has 0 radical (unpaired) electrons. The first-order valence-electron chi connectivity index (χ1n) is 5.96. The van der Waals surface area contributed by atoms with Crippen LogP contribution in [0.4, 0.5) is 5.69 Å². The van der Waals surface area contributed by atoms with E-state index < -0.39 is 11.0 Å². The number of fused-ring (bicyclic) bond motifs is 1. The van der Waals surface area contributed by atoms with Crippen molar-refractivity contribution in [3.8, 4) is 0 Å². The highest BCUT2D eigenvalue weighted by molar-refractivity contribution is 14.1. The van der Waals surface area contributed by atoms with Crippen molar-refractivity contribution < 1.29 is 9.90 Å². The first kappa shape index (κ1) is 13.8. The second-order valence-electron chi connectivity index (χ2n) is 5.85. The zero-order valence-corrected chi connectivity index (χ0v) is 13.3. The summed E-state index contributed by atoms with van der Waals surface area (Å²) in [6, 6.07) is 6.02. The number of hydrogen-bond acceptors (Lipinski definition) is 2. The van der Waals surface area contributed by atoms with Crippen molar-refractivity contribution in [1.82, 2.24) is 0 Å². The zero-order valence-electron chi connectivity index (χ0n) is 11.1. The van der Waals surface area contributed by atoms with Crippen molar-refractivity contribution in [3.63, 3.8) is 0 Å². The summed E-state index contributed by atoms with van der Waals surface area (Å²) in [5.41, 5.74) is 0.466. The van der Waals surface area contributed by atoms with E-state index >= 15 is 0 Å². The Bertz CT molecular complexity index is 507. The highest BCUT2D eigenvalue weighted by Crippen LogP contribution is 2.45. The molecule has 1 atom stereocenters. The topological polar surface area (TPSA) is 40.5 Å². The van der Waals surface area contributed by atoms with E-state index in [0.717, 1.165) is 14.8 Å². The molecule has 1 heterocycles. The molecule has 0 bridgehead atoms. The lowest BCUT2D eigenvalue weighted by atomic mass is 9.75. The molecule has 18 heavy (non-hydrogen) atoms. The quantitative estimate of drug-likeness (QED) is 0.825. The maximum absolute atomic E-state index is 12.5. The molecule has 0 spiro atoms. The number of carbonyl (C=O) groups is 1. The van der Waals surface area contributed by atoms with Crippen molar-refractivity contribution in [2.45, 2.75) is 38.2 Å². The van der Waals surface area contributed by atoms with Crippen LogP contribution >= 0.6 is 22.6 Å². The van der Waals surface area contributed by atoms with E-state index in [2.05, 4.69) is 22.6 Å². The van der Waals surface area contributed by atoms with E-state index in [1.807, 2.05) is 25.1 Å². The van der Waals surface area contributed by atoms with Crippen LogP contribution in [-0.4, -0.2) is 23.7 Å². The smallest absolute Gasteiger partial charge is 0.237 e. The van der Waals surface area contributed by atoms with Crippen LogP contribution in [-0.2, 0) is 10.2 Å². The SMILES string of the molecule is CN1C(=O)C(C)(CC(C)(C)O)c2cc(I)ccc21. The zero-order chi connectivity index (χ0) is 13.7. The third kappa shape index (κ3) is 2.16. The minimum Gasteiger partial charge on any atom is -0.390 e. The van der Waals surface area contributed by atoms with Gasteiger partial charge in [0.25, 0.3) is 0 Å². The van der Waals surface area contributed by atoms with E-state index in [0.29, 0.717) is 6.42 Å². The maximum Gasteiger partial charge on any atom is 0.237 e. The minimum absolute atomic E-state index is 0.0571. The number of anilines is 1. The average Bonchev–Trinajstić information content (AvgIpc) is 2.39. The number of rotatable bonds is 2. The molecule has 4 heteroatoms. The predicted octanol–water partition coefficient (Wildman–Crippen LogP) is 2.69. The molecule has 1 aliphatic heterocycles. The number of nitrogens with zero attached hydrogens (tertiary/aromatic N) is 1. The molecule has 98 valence electrons. The number of likely N-dealkylation sites (N-methyl/N-ethyl adjacent to an activating group) is 1. The molecule has 1 amide bonds. The number of halogens is 1. The Morgan fingerprint density at radius 3 is 2.61 bits per heavy atom. The number of benzene rings is 1. The van der Waals surface area contributed by atoms with Gasteiger partial charge in [-0.2, -0.15) is 0 Å². The van der Waals surface area contributed by atoms with Crippen LogP contribution in [0, 0.1) is 3.57 Å². The van der Waals surface area contributed by atoms with Crippen LogP contribution in [0.1, 0.15) is 32.8 Å². The van der Waals surface area contributed by atoms with Crippen molar-refractivity contribution in [2.24, 2.45) is 0 Å². The van der Waals surface area contributed by atoms with Gasteiger partial charge in [-0.25, -0.2) is 0 Å². The first-order chi connectivity index (χ1) is 8.15. The Balaban J connectivity index is 2.57. The second kappa shape index (κ2) is 4.20. The van der Waals surface area contributed by atoms with E-state index in [1.54, 1.807) is 25.8 Å². The molecule has 0 fully saturated rings. The van der Waals surface area contributed by atoms with Gasteiger partial charge in [-0.1, -0.05) is 0 Å². The Kier molecular flexibility index (Phi) is 3.22. The van der Waals surface area contributed by atoms with E-state index in [4.69, 9.17) is 0 Å². The molecular weight excluding hydrogens is 341 g/mol. The Hall–Kier alpha value is -0.620. The summed E-state index contributed by atoms with van der Waals surface area (Å²) in [6.45, 7) is 5.42. The first-order valence-corrected chi connectivity index (χ1v) is 7.04. The van der Waals surface area contributed by atoms with Crippen molar-refractivity contribution in [3.05, 3.63) is 27.3 Å². The van der Waals surface area contributed by atoms with Crippen LogP contribution in [0.2, 0.25) is 0 Å². The molecule has 0 aromatic heterocycles. The molecule has 0 saturated carbocycles. The average molecular weight is 359 g/mol. The minimum atomic E-state index is -0.867. The molecule has 1 unspecified atom stereocenters.